The van der Waals surface area contributed by atoms with Crippen LogP contribution in [0.3, 0.4) is 0 Å². The molecule has 7 heteroatoms. The Morgan fingerprint density at radius 3 is 2.64 bits per heavy atom. The molecule has 2 aromatic heterocycles. The number of pyridine rings is 1. The van der Waals surface area contributed by atoms with E-state index in [1.165, 1.54) is 11.1 Å². The first-order valence-electron chi connectivity index (χ1n) is 9.08. The van der Waals surface area contributed by atoms with Crippen LogP contribution >= 0.6 is 24.0 Å². The second-order valence-corrected chi connectivity index (χ2v) is 6.58. The van der Waals surface area contributed by atoms with Gasteiger partial charge in [-0.25, -0.2) is 4.98 Å². The number of nitrogens with one attached hydrogen (secondary N) is 1. The van der Waals surface area contributed by atoms with Crippen LogP contribution in [0, 0.1) is 6.92 Å². The lowest BCUT2D eigenvalue weighted by Crippen LogP contribution is -2.39. The molecular formula is C21H28IN5O. The van der Waals surface area contributed by atoms with Crippen molar-refractivity contribution in [3.8, 4) is 5.75 Å². The van der Waals surface area contributed by atoms with E-state index in [0.29, 0.717) is 0 Å². The summed E-state index contributed by atoms with van der Waals surface area (Å²) in [5.74, 6) is 1.73. The van der Waals surface area contributed by atoms with Crippen molar-refractivity contribution in [1.29, 1.82) is 0 Å². The minimum absolute atomic E-state index is 0. The quantitative estimate of drug-likeness (QED) is 0.325. The summed E-state index contributed by atoms with van der Waals surface area (Å²) in [5, 5.41) is 3.42. The molecule has 0 saturated heterocycles. The number of hydrogen-bond acceptors (Lipinski definition) is 3. The van der Waals surface area contributed by atoms with E-state index in [-0.39, 0.29) is 24.0 Å². The van der Waals surface area contributed by atoms with E-state index in [2.05, 4.69) is 50.9 Å². The number of aryl methyl sites for hydroxylation is 1. The lowest BCUT2D eigenvalue weighted by atomic mass is 10.2. The van der Waals surface area contributed by atoms with E-state index in [9.17, 15) is 0 Å². The van der Waals surface area contributed by atoms with Gasteiger partial charge in [0.2, 0.25) is 0 Å². The van der Waals surface area contributed by atoms with E-state index in [1.807, 2.05) is 31.4 Å². The zero-order valence-electron chi connectivity index (χ0n) is 16.8. The van der Waals surface area contributed by atoms with E-state index in [1.54, 1.807) is 14.2 Å². The van der Waals surface area contributed by atoms with E-state index >= 15 is 0 Å². The molecule has 0 aliphatic carbocycles. The highest BCUT2D eigenvalue weighted by atomic mass is 127. The normalized spacial score (nSPS) is 11.2. The Kier molecular flexibility index (Phi) is 8.10. The fourth-order valence-corrected chi connectivity index (χ4v) is 3.09. The summed E-state index contributed by atoms with van der Waals surface area (Å²) in [5.41, 5.74) is 4.49. The summed E-state index contributed by atoms with van der Waals surface area (Å²) < 4.78 is 7.29. The fraction of sp³-hybridized carbons (Fsp3) is 0.333. The van der Waals surface area contributed by atoms with Crippen molar-refractivity contribution in [3.05, 3.63) is 65.6 Å². The highest BCUT2D eigenvalue weighted by Gasteiger charge is 2.08. The van der Waals surface area contributed by atoms with Gasteiger partial charge in [-0.2, -0.15) is 0 Å². The fourth-order valence-electron chi connectivity index (χ4n) is 3.09. The molecule has 0 radical (unpaired) electrons. The standard InChI is InChI=1S/C21H27N5O.HI/c1-16-6-5-13-26-15-18(24-20(16)26)11-12-23-21(22-2)25(3)14-17-7-9-19(27-4)10-8-17;/h5-10,13,15H,11-12,14H2,1-4H3,(H,22,23);1H. The summed E-state index contributed by atoms with van der Waals surface area (Å²) in [6.45, 7) is 3.64. The summed E-state index contributed by atoms with van der Waals surface area (Å²) in [6.07, 6.45) is 4.97. The molecule has 0 saturated carbocycles. The number of imidazole rings is 1. The van der Waals surface area contributed by atoms with Crippen molar-refractivity contribution >= 4 is 35.6 Å². The molecule has 2 heterocycles. The van der Waals surface area contributed by atoms with Crippen LogP contribution in [0.4, 0.5) is 0 Å². The van der Waals surface area contributed by atoms with Gasteiger partial charge in [0.1, 0.15) is 11.4 Å². The third-order valence-corrected chi connectivity index (χ3v) is 4.54. The van der Waals surface area contributed by atoms with Gasteiger partial charge in [-0.3, -0.25) is 4.99 Å². The first kappa shape index (κ1) is 22.0. The van der Waals surface area contributed by atoms with Crippen LogP contribution in [-0.2, 0) is 13.0 Å². The Labute approximate surface area is 183 Å². The average Bonchev–Trinajstić information content (AvgIpc) is 3.10. The minimum Gasteiger partial charge on any atom is -0.497 e. The molecule has 3 rings (SSSR count). The largest absolute Gasteiger partial charge is 0.497 e. The van der Waals surface area contributed by atoms with Gasteiger partial charge in [0.05, 0.1) is 12.8 Å². The molecular weight excluding hydrogens is 465 g/mol. The molecule has 0 bridgehead atoms. The molecule has 0 aliphatic heterocycles. The molecule has 150 valence electrons. The summed E-state index contributed by atoms with van der Waals surface area (Å²) in [4.78, 5) is 11.2. The maximum atomic E-state index is 5.21. The first-order valence-corrected chi connectivity index (χ1v) is 9.08. The molecule has 0 fully saturated rings. The number of rotatable bonds is 6. The smallest absolute Gasteiger partial charge is 0.193 e. The van der Waals surface area contributed by atoms with Gasteiger partial charge in [-0.1, -0.05) is 18.2 Å². The number of ether oxygens (including phenoxy) is 1. The van der Waals surface area contributed by atoms with Gasteiger partial charge in [-0.05, 0) is 36.2 Å². The number of halogens is 1. The van der Waals surface area contributed by atoms with Gasteiger partial charge in [0, 0.05) is 46.0 Å². The van der Waals surface area contributed by atoms with E-state index in [4.69, 9.17) is 9.72 Å². The average molecular weight is 493 g/mol. The van der Waals surface area contributed by atoms with Crippen molar-refractivity contribution in [2.45, 2.75) is 19.9 Å². The van der Waals surface area contributed by atoms with Crippen LogP contribution in [0.5, 0.6) is 5.75 Å². The predicted molar refractivity (Wildman–Crippen MR) is 125 cm³/mol. The van der Waals surface area contributed by atoms with Crippen molar-refractivity contribution in [2.24, 2.45) is 4.99 Å². The molecule has 3 aromatic rings. The molecule has 0 atom stereocenters. The number of hydrogen-bond donors (Lipinski definition) is 1. The molecule has 0 amide bonds. The van der Waals surface area contributed by atoms with Crippen LogP contribution < -0.4 is 10.1 Å². The van der Waals surface area contributed by atoms with Crippen LogP contribution in [0.2, 0.25) is 0 Å². The van der Waals surface area contributed by atoms with Crippen LogP contribution in [0.1, 0.15) is 16.8 Å². The Hall–Kier alpha value is -2.29. The van der Waals surface area contributed by atoms with Gasteiger partial charge >= 0.3 is 0 Å². The Bertz CT molecular complexity index is 920. The summed E-state index contributed by atoms with van der Waals surface area (Å²) in [7, 11) is 5.52. The number of benzene rings is 1. The van der Waals surface area contributed by atoms with Gasteiger partial charge < -0.3 is 19.4 Å². The number of aromatic nitrogens is 2. The third kappa shape index (κ3) is 5.37. The van der Waals surface area contributed by atoms with Crippen molar-refractivity contribution in [1.82, 2.24) is 19.6 Å². The molecule has 0 aliphatic rings. The number of fused-ring (bicyclic) bond motifs is 1. The first-order chi connectivity index (χ1) is 13.1. The number of guanidine groups is 1. The number of nitrogens with zero attached hydrogens (tertiary/aromatic N) is 4. The third-order valence-electron chi connectivity index (χ3n) is 4.54. The molecule has 0 unspecified atom stereocenters. The Balaban J connectivity index is 0.00000280. The maximum Gasteiger partial charge on any atom is 0.193 e. The van der Waals surface area contributed by atoms with E-state index in [0.717, 1.165) is 42.6 Å². The lowest BCUT2D eigenvalue weighted by Gasteiger charge is -2.22. The van der Waals surface area contributed by atoms with E-state index < -0.39 is 0 Å². The summed E-state index contributed by atoms with van der Waals surface area (Å²) in [6, 6.07) is 12.2. The Morgan fingerprint density at radius 1 is 1.25 bits per heavy atom. The Morgan fingerprint density at radius 2 is 2.00 bits per heavy atom. The van der Waals surface area contributed by atoms with Crippen LogP contribution in [0.25, 0.3) is 5.65 Å². The highest BCUT2D eigenvalue weighted by molar-refractivity contribution is 14.0. The van der Waals surface area contributed by atoms with Crippen molar-refractivity contribution < 1.29 is 4.74 Å². The molecule has 1 N–H and O–H groups in total. The zero-order valence-corrected chi connectivity index (χ0v) is 19.2. The van der Waals surface area contributed by atoms with Crippen LogP contribution in [-0.4, -0.2) is 48.0 Å². The van der Waals surface area contributed by atoms with Crippen molar-refractivity contribution in [2.75, 3.05) is 27.7 Å². The van der Waals surface area contributed by atoms with Gasteiger partial charge in [0.15, 0.2) is 5.96 Å². The van der Waals surface area contributed by atoms with Gasteiger partial charge in [-0.15, -0.1) is 24.0 Å². The molecule has 28 heavy (non-hydrogen) atoms. The van der Waals surface area contributed by atoms with Crippen LogP contribution in [0.15, 0.2) is 53.8 Å². The molecule has 1 aromatic carbocycles. The second-order valence-electron chi connectivity index (χ2n) is 6.58. The monoisotopic (exact) mass is 493 g/mol. The lowest BCUT2D eigenvalue weighted by molar-refractivity contribution is 0.414. The minimum atomic E-state index is 0. The zero-order chi connectivity index (χ0) is 19.2. The van der Waals surface area contributed by atoms with Gasteiger partial charge in [0.25, 0.3) is 0 Å². The molecule has 6 nitrogen and oxygen atoms in total. The second kappa shape index (κ2) is 10.3. The number of aliphatic imine (C=N–C) groups is 1. The van der Waals surface area contributed by atoms with Crippen molar-refractivity contribution in [3.63, 3.8) is 0 Å². The highest BCUT2D eigenvalue weighted by Crippen LogP contribution is 2.13. The topological polar surface area (TPSA) is 54.2 Å². The number of methoxy groups -OCH3 is 1. The predicted octanol–water partition coefficient (Wildman–Crippen LogP) is 3.52. The summed E-state index contributed by atoms with van der Waals surface area (Å²) >= 11 is 0. The molecule has 0 spiro atoms. The SMILES string of the molecule is CN=C(NCCc1cn2cccc(C)c2n1)N(C)Cc1ccc(OC)cc1.I. The maximum absolute atomic E-state index is 5.21.